The number of hydrogen-bond acceptors (Lipinski definition) is 3. The van der Waals surface area contributed by atoms with Crippen molar-refractivity contribution in [3.8, 4) is 0 Å². The molecule has 1 aliphatic heterocycles. The Hall–Kier alpha value is -1.96. The van der Waals surface area contributed by atoms with Crippen LogP contribution >= 0.6 is 11.6 Å². The maximum Gasteiger partial charge on any atom is 0.231 e. The van der Waals surface area contributed by atoms with Crippen molar-refractivity contribution in [3.05, 3.63) is 64.4 Å². The molecule has 1 N–H and O–H groups in total. The molecule has 1 heterocycles. The lowest BCUT2D eigenvalue weighted by Gasteiger charge is -2.17. The van der Waals surface area contributed by atoms with E-state index in [1.165, 1.54) is 12.1 Å². The molecule has 0 saturated heterocycles. The average molecular weight is 383 g/mol. The van der Waals surface area contributed by atoms with Crippen molar-refractivity contribution in [3.63, 3.8) is 0 Å². The van der Waals surface area contributed by atoms with Crippen molar-refractivity contribution in [2.24, 2.45) is 0 Å². The highest BCUT2D eigenvalue weighted by atomic mass is 35.5. The largest absolute Gasteiger partial charge is 0.311 e. The zero-order chi connectivity index (χ0) is 18.0. The molecule has 0 aromatic heterocycles. The predicted octanol–water partition coefficient (Wildman–Crippen LogP) is 2.49. The summed E-state index contributed by atoms with van der Waals surface area (Å²) in [5.74, 6) is -0.954. The number of fused-ring (bicyclic) bond motifs is 1. The van der Waals surface area contributed by atoms with E-state index in [0.29, 0.717) is 12.0 Å². The van der Waals surface area contributed by atoms with Gasteiger partial charge in [0.1, 0.15) is 5.82 Å². The summed E-state index contributed by atoms with van der Waals surface area (Å²) in [5, 5.41) is -0.119. The predicted molar refractivity (Wildman–Crippen MR) is 94.5 cm³/mol. The number of carbonyl (C=O) groups is 1. The Labute approximate surface area is 150 Å². The van der Waals surface area contributed by atoms with E-state index in [1.807, 2.05) is 24.3 Å². The molecule has 1 amide bonds. The van der Waals surface area contributed by atoms with Crippen molar-refractivity contribution >= 4 is 33.2 Å². The van der Waals surface area contributed by atoms with Crippen LogP contribution in [0.2, 0.25) is 5.02 Å². The van der Waals surface area contributed by atoms with E-state index in [0.717, 1.165) is 17.3 Å². The lowest BCUT2D eigenvalue weighted by molar-refractivity contribution is -0.117. The zero-order valence-corrected chi connectivity index (χ0v) is 14.8. The monoisotopic (exact) mass is 382 g/mol. The summed E-state index contributed by atoms with van der Waals surface area (Å²) in [6.45, 7) is 0.344. The van der Waals surface area contributed by atoms with Crippen LogP contribution in [-0.2, 0) is 27.0 Å². The molecule has 3 rings (SSSR count). The quantitative estimate of drug-likeness (QED) is 0.834. The Kier molecular flexibility index (Phi) is 5.08. The summed E-state index contributed by atoms with van der Waals surface area (Å²) in [5.41, 5.74) is 2.15. The Bertz CT molecular complexity index is 918. The minimum atomic E-state index is -3.62. The van der Waals surface area contributed by atoms with Crippen LogP contribution < -0.4 is 9.62 Å². The number of anilines is 1. The molecule has 0 fully saturated rings. The molecule has 0 atom stereocenters. The number of benzene rings is 2. The Morgan fingerprint density at radius 2 is 1.96 bits per heavy atom. The number of halogens is 2. The highest BCUT2D eigenvalue weighted by Crippen LogP contribution is 2.27. The molecule has 0 spiro atoms. The van der Waals surface area contributed by atoms with Crippen LogP contribution in [0.1, 0.15) is 11.1 Å². The highest BCUT2D eigenvalue weighted by Gasteiger charge is 2.26. The van der Waals surface area contributed by atoms with Gasteiger partial charge in [-0.15, -0.1) is 0 Å². The van der Waals surface area contributed by atoms with E-state index in [1.54, 1.807) is 4.90 Å². The number of rotatable bonds is 6. The van der Waals surface area contributed by atoms with Gasteiger partial charge >= 0.3 is 0 Å². The first-order valence-electron chi connectivity index (χ1n) is 7.65. The molecule has 0 bridgehead atoms. The number of amides is 1. The molecule has 25 heavy (non-hydrogen) atoms. The summed E-state index contributed by atoms with van der Waals surface area (Å²) >= 11 is 5.66. The van der Waals surface area contributed by atoms with Gasteiger partial charge in [0.15, 0.2) is 0 Å². The molecule has 2 aromatic rings. The second kappa shape index (κ2) is 7.11. The summed E-state index contributed by atoms with van der Waals surface area (Å²) in [7, 11) is -3.62. The van der Waals surface area contributed by atoms with Gasteiger partial charge in [0.05, 0.1) is 17.2 Å². The third-order valence-corrected chi connectivity index (χ3v) is 5.57. The molecule has 0 unspecified atom stereocenters. The number of nitrogens with one attached hydrogen (secondary N) is 1. The SMILES string of the molecule is O=C1Cc2ccccc2N1CCNS(=O)(=O)Cc1ccc(F)c(Cl)c1. The second-order valence-electron chi connectivity index (χ2n) is 5.75. The van der Waals surface area contributed by atoms with Gasteiger partial charge in [0, 0.05) is 18.8 Å². The minimum absolute atomic E-state index is 0.0503. The summed E-state index contributed by atoms with van der Waals surface area (Å²) in [6.07, 6.45) is 0.330. The first-order valence-corrected chi connectivity index (χ1v) is 9.68. The van der Waals surface area contributed by atoms with Crippen LogP contribution in [0.3, 0.4) is 0 Å². The number of carbonyl (C=O) groups excluding carboxylic acids is 1. The maximum absolute atomic E-state index is 13.1. The van der Waals surface area contributed by atoms with Gasteiger partial charge in [-0.2, -0.15) is 0 Å². The Morgan fingerprint density at radius 1 is 1.20 bits per heavy atom. The minimum Gasteiger partial charge on any atom is -0.311 e. The van der Waals surface area contributed by atoms with Gasteiger partial charge in [-0.1, -0.05) is 35.9 Å². The van der Waals surface area contributed by atoms with Gasteiger partial charge in [-0.3, -0.25) is 4.79 Å². The molecule has 1 aliphatic rings. The fourth-order valence-corrected chi connectivity index (χ4v) is 4.10. The molecule has 0 saturated carbocycles. The van der Waals surface area contributed by atoms with Crippen molar-refractivity contribution in [1.82, 2.24) is 4.72 Å². The lowest BCUT2D eigenvalue weighted by atomic mass is 10.2. The van der Waals surface area contributed by atoms with Gasteiger partial charge in [0.2, 0.25) is 15.9 Å². The standard InChI is InChI=1S/C17H16ClFN2O3S/c18-14-9-12(5-6-15(14)19)11-25(23,24)20-7-8-21-16-4-2-1-3-13(16)10-17(21)22/h1-6,9,20H,7-8,10-11H2. The summed E-state index contributed by atoms with van der Waals surface area (Å²) in [4.78, 5) is 13.6. The smallest absolute Gasteiger partial charge is 0.231 e. The normalized spacial score (nSPS) is 14.0. The first kappa shape index (κ1) is 17.8. The van der Waals surface area contributed by atoms with Gasteiger partial charge in [-0.05, 0) is 29.3 Å². The van der Waals surface area contributed by atoms with Crippen LogP contribution in [0, 0.1) is 5.82 Å². The Morgan fingerprint density at radius 3 is 2.72 bits per heavy atom. The van der Waals surface area contributed by atoms with Crippen LogP contribution in [0.4, 0.5) is 10.1 Å². The lowest BCUT2D eigenvalue weighted by Crippen LogP contribution is -2.37. The Balaban J connectivity index is 1.59. The molecule has 132 valence electrons. The number of sulfonamides is 1. The van der Waals surface area contributed by atoms with Gasteiger partial charge < -0.3 is 4.90 Å². The molecule has 8 heteroatoms. The van der Waals surface area contributed by atoms with E-state index >= 15 is 0 Å². The molecular weight excluding hydrogens is 367 g/mol. The highest BCUT2D eigenvalue weighted by molar-refractivity contribution is 7.88. The van der Waals surface area contributed by atoms with Crippen LogP contribution in [0.15, 0.2) is 42.5 Å². The topological polar surface area (TPSA) is 66.5 Å². The van der Waals surface area contributed by atoms with Crippen molar-refractivity contribution < 1.29 is 17.6 Å². The molecule has 0 radical (unpaired) electrons. The molecular formula is C17H16ClFN2O3S. The van der Waals surface area contributed by atoms with Gasteiger partial charge in [0.25, 0.3) is 0 Å². The number of nitrogens with zero attached hydrogens (tertiary/aromatic N) is 1. The number of hydrogen-bond donors (Lipinski definition) is 1. The molecule has 0 aliphatic carbocycles. The number of para-hydroxylation sites is 1. The third kappa shape index (κ3) is 4.18. The fourth-order valence-electron chi connectivity index (χ4n) is 2.77. The maximum atomic E-state index is 13.1. The zero-order valence-electron chi connectivity index (χ0n) is 13.2. The average Bonchev–Trinajstić information content (AvgIpc) is 2.86. The van der Waals surface area contributed by atoms with Crippen LogP contribution in [-0.4, -0.2) is 27.4 Å². The van der Waals surface area contributed by atoms with E-state index in [4.69, 9.17) is 11.6 Å². The molecule has 2 aromatic carbocycles. The van der Waals surface area contributed by atoms with E-state index in [9.17, 15) is 17.6 Å². The van der Waals surface area contributed by atoms with E-state index in [2.05, 4.69) is 4.72 Å². The first-order chi connectivity index (χ1) is 11.9. The third-order valence-electron chi connectivity index (χ3n) is 3.92. The van der Waals surface area contributed by atoms with Crippen LogP contribution in [0.25, 0.3) is 0 Å². The van der Waals surface area contributed by atoms with Gasteiger partial charge in [-0.25, -0.2) is 17.5 Å². The van der Waals surface area contributed by atoms with E-state index in [-0.39, 0.29) is 29.8 Å². The summed E-state index contributed by atoms with van der Waals surface area (Å²) < 4.78 is 39.9. The second-order valence-corrected chi connectivity index (χ2v) is 7.97. The van der Waals surface area contributed by atoms with Crippen molar-refractivity contribution in [2.45, 2.75) is 12.2 Å². The van der Waals surface area contributed by atoms with Crippen molar-refractivity contribution in [2.75, 3.05) is 18.0 Å². The summed E-state index contributed by atoms with van der Waals surface area (Å²) in [6, 6.07) is 11.2. The molecule has 5 nitrogen and oxygen atoms in total. The van der Waals surface area contributed by atoms with Crippen molar-refractivity contribution in [1.29, 1.82) is 0 Å². The van der Waals surface area contributed by atoms with Crippen LogP contribution in [0.5, 0.6) is 0 Å². The van der Waals surface area contributed by atoms with E-state index < -0.39 is 15.8 Å². The fraction of sp³-hybridized carbons (Fsp3) is 0.235.